The monoisotopic (exact) mass is 531 g/mol. The van der Waals surface area contributed by atoms with Crippen molar-refractivity contribution in [1.29, 1.82) is 0 Å². The lowest BCUT2D eigenvalue weighted by Crippen LogP contribution is -2.52. The molecule has 1 saturated heterocycles. The predicted molar refractivity (Wildman–Crippen MR) is 131 cm³/mol. The third-order valence-electron chi connectivity index (χ3n) is 7.30. The molecule has 0 spiro atoms. The van der Waals surface area contributed by atoms with E-state index in [4.69, 9.17) is 9.47 Å². The van der Waals surface area contributed by atoms with E-state index in [-0.39, 0.29) is 35.6 Å². The normalized spacial score (nSPS) is 23.9. The van der Waals surface area contributed by atoms with Crippen molar-refractivity contribution in [3.63, 3.8) is 0 Å². The van der Waals surface area contributed by atoms with Crippen molar-refractivity contribution >= 4 is 24.1 Å². The van der Waals surface area contributed by atoms with Crippen LogP contribution in [0.4, 0.5) is 28.0 Å². The molecule has 1 aliphatic carbocycles. The number of carbonyl (C=O) groups is 1. The zero-order valence-electron chi connectivity index (χ0n) is 20.2. The number of fused-ring (bicyclic) bond motifs is 1. The first kappa shape index (κ1) is 27.9. The maximum Gasteiger partial charge on any atom is 0.416 e. The fourth-order valence-electron chi connectivity index (χ4n) is 5.57. The summed E-state index contributed by atoms with van der Waals surface area (Å²) in [5.41, 5.74) is -0.347. The van der Waals surface area contributed by atoms with Crippen LogP contribution in [-0.2, 0) is 11.6 Å². The SMILES string of the molecule is COc1ccc([C@@]23CC[C@@H](NC(=O)Nc4cc(F)cc(C(F)(F)F)c4)C[C@@H]2N(C)CC3)cc1OC.Cl. The summed E-state index contributed by atoms with van der Waals surface area (Å²) in [6.45, 7) is 0.904. The number of hydrogen-bond acceptors (Lipinski definition) is 4. The number of likely N-dealkylation sites (N-methyl/N-ethyl adjacent to an activating group) is 1. The highest BCUT2D eigenvalue weighted by molar-refractivity contribution is 5.89. The first-order valence-electron chi connectivity index (χ1n) is 11.4. The number of methoxy groups -OCH3 is 2. The number of ether oxygens (including phenoxy) is 2. The molecule has 1 heterocycles. The summed E-state index contributed by atoms with van der Waals surface area (Å²) in [4.78, 5) is 14.8. The van der Waals surface area contributed by atoms with Gasteiger partial charge in [-0.25, -0.2) is 9.18 Å². The average molecular weight is 532 g/mol. The number of rotatable bonds is 5. The number of carbonyl (C=O) groups excluding carboxylic acids is 1. The van der Waals surface area contributed by atoms with E-state index in [1.807, 2.05) is 12.1 Å². The Morgan fingerprint density at radius 1 is 1.08 bits per heavy atom. The number of nitrogens with one attached hydrogen (secondary N) is 2. The lowest BCUT2D eigenvalue weighted by molar-refractivity contribution is -0.137. The summed E-state index contributed by atoms with van der Waals surface area (Å²) in [6.07, 6.45) is -1.55. The summed E-state index contributed by atoms with van der Waals surface area (Å²) in [5.74, 6) is 0.259. The molecule has 2 fully saturated rings. The Hall–Kier alpha value is -2.72. The molecule has 6 nitrogen and oxygen atoms in total. The van der Waals surface area contributed by atoms with Gasteiger partial charge in [-0.3, -0.25) is 0 Å². The molecule has 1 saturated carbocycles. The molecule has 0 unspecified atom stereocenters. The number of halogens is 5. The minimum Gasteiger partial charge on any atom is -0.493 e. The molecule has 0 radical (unpaired) electrons. The van der Waals surface area contributed by atoms with E-state index in [0.29, 0.717) is 30.4 Å². The number of likely N-dealkylation sites (tertiary alicyclic amines) is 1. The molecule has 4 rings (SSSR count). The van der Waals surface area contributed by atoms with Crippen LogP contribution in [0.1, 0.15) is 36.8 Å². The fraction of sp³-hybridized carbons (Fsp3) is 0.480. The van der Waals surface area contributed by atoms with Gasteiger partial charge in [0.1, 0.15) is 5.82 Å². The van der Waals surface area contributed by atoms with Crippen LogP contribution in [0.25, 0.3) is 0 Å². The number of hydrogen-bond donors (Lipinski definition) is 2. The van der Waals surface area contributed by atoms with Crippen LogP contribution >= 0.6 is 12.4 Å². The Morgan fingerprint density at radius 2 is 1.81 bits per heavy atom. The molecular weight excluding hydrogens is 502 g/mol. The number of alkyl halides is 3. The second kappa shape index (κ2) is 10.7. The minimum atomic E-state index is -4.71. The van der Waals surface area contributed by atoms with Gasteiger partial charge < -0.3 is 25.0 Å². The van der Waals surface area contributed by atoms with Gasteiger partial charge in [0.25, 0.3) is 0 Å². The highest BCUT2D eigenvalue weighted by atomic mass is 35.5. The number of anilines is 1. The Balaban J connectivity index is 0.00000361. The van der Waals surface area contributed by atoms with Gasteiger partial charge in [0, 0.05) is 23.2 Å². The van der Waals surface area contributed by atoms with Gasteiger partial charge in [0.05, 0.1) is 19.8 Å². The van der Waals surface area contributed by atoms with Crippen molar-refractivity contribution in [2.45, 2.75) is 49.4 Å². The maximum absolute atomic E-state index is 13.7. The number of nitrogens with zero attached hydrogens (tertiary/aromatic N) is 1. The van der Waals surface area contributed by atoms with Crippen LogP contribution in [0, 0.1) is 5.82 Å². The first-order valence-corrected chi connectivity index (χ1v) is 11.4. The zero-order valence-corrected chi connectivity index (χ0v) is 21.1. The van der Waals surface area contributed by atoms with Gasteiger partial charge >= 0.3 is 12.2 Å². The molecule has 2 aromatic rings. The van der Waals surface area contributed by atoms with Gasteiger partial charge in [-0.2, -0.15) is 13.2 Å². The van der Waals surface area contributed by atoms with Crippen LogP contribution in [-0.4, -0.2) is 50.8 Å². The van der Waals surface area contributed by atoms with Gasteiger partial charge in [0.15, 0.2) is 11.5 Å². The number of amides is 2. The third-order valence-corrected chi connectivity index (χ3v) is 7.30. The summed E-state index contributed by atoms with van der Waals surface area (Å²) in [7, 11) is 5.26. The number of benzene rings is 2. The third kappa shape index (κ3) is 5.49. The molecule has 0 bridgehead atoms. The standard InChI is InChI=1S/C25H29F4N3O3.ClH/c1-32-9-8-24(15-4-5-20(34-2)21(12-15)35-3)7-6-18(14-22(24)32)30-23(33)31-19-11-16(25(27,28)29)10-17(26)13-19;/h4-5,10-13,18,22H,6-9,14H2,1-3H3,(H2,30,31,33);1H/t18-,22+,24+;/m1./s1. The summed E-state index contributed by atoms with van der Waals surface area (Å²) >= 11 is 0. The van der Waals surface area contributed by atoms with Gasteiger partial charge in [0.2, 0.25) is 0 Å². The maximum atomic E-state index is 13.7. The van der Waals surface area contributed by atoms with Gasteiger partial charge in [-0.15, -0.1) is 12.4 Å². The second-order valence-electron chi connectivity index (χ2n) is 9.27. The number of urea groups is 1. The lowest BCUT2D eigenvalue weighted by atomic mass is 9.65. The molecule has 11 heteroatoms. The van der Waals surface area contributed by atoms with E-state index in [9.17, 15) is 22.4 Å². The molecular formula is C25H30ClF4N3O3. The van der Waals surface area contributed by atoms with Crippen molar-refractivity contribution in [3.05, 3.63) is 53.3 Å². The molecule has 0 aromatic heterocycles. The molecule has 198 valence electrons. The fourth-order valence-corrected chi connectivity index (χ4v) is 5.57. The van der Waals surface area contributed by atoms with Crippen molar-refractivity contribution in [2.24, 2.45) is 0 Å². The van der Waals surface area contributed by atoms with E-state index < -0.39 is 23.6 Å². The highest BCUT2D eigenvalue weighted by Crippen LogP contribution is 2.49. The summed E-state index contributed by atoms with van der Waals surface area (Å²) in [5, 5.41) is 5.21. The van der Waals surface area contributed by atoms with Crippen molar-refractivity contribution in [2.75, 3.05) is 33.1 Å². The molecule has 3 atom stereocenters. The molecule has 2 aliphatic rings. The second-order valence-corrected chi connectivity index (χ2v) is 9.27. The van der Waals surface area contributed by atoms with Crippen LogP contribution in [0.3, 0.4) is 0 Å². The quantitative estimate of drug-likeness (QED) is 0.493. The molecule has 2 N–H and O–H groups in total. The van der Waals surface area contributed by atoms with Crippen LogP contribution < -0.4 is 20.1 Å². The van der Waals surface area contributed by atoms with Crippen molar-refractivity contribution in [1.82, 2.24) is 10.2 Å². The van der Waals surface area contributed by atoms with E-state index in [2.05, 4.69) is 28.6 Å². The van der Waals surface area contributed by atoms with Gasteiger partial charge in [-0.05, 0) is 75.2 Å². The Bertz CT molecular complexity index is 1100. The van der Waals surface area contributed by atoms with E-state index in [1.165, 1.54) is 0 Å². The highest BCUT2D eigenvalue weighted by Gasteiger charge is 2.50. The van der Waals surface area contributed by atoms with E-state index in [0.717, 1.165) is 37.1 Å². The molecule has 2 amide bonds. The van der Waals surface area contributed by atoms with Crippen LogP contribution in [0.15, 0.2) is 36.4 Å². The molecule has 1 aliphatic heterocycles. The predicted octanol–water partition coefficient (Wildman–Crippen LogP) is 5.60. The van der Waals surface area contributed by atoms with Crippen molar-refractivity contribution < 1.29 is 31.8 Å². The van der Waals surface area contributed by atoms with Crippen LogP contribution in [0.5, 0.6) is 11.5 Å². The Morgan fingerprint density at radius 3 is 2.47 bits per heavy atom. The first-order chi connectivity index (χ1) is 16.6. The van der Waals surface area contributed by atoms with Gasteiger partial charge in [-0.1, -0.05) is 6.07 Å². The van der Waals surface area contributed by atoms with E-state index in [1.54, 1.807) is 14.2 Å². The summed E-state index contributed by atoms with van der Waals surface area (Å²) < 4.78 is 63.5. The smallest absolute Gasteiger partial charge is 0.416 e. The molecule has 36 heavy (non-hydrogen) atoms. The summed E-state index contributed by atoms with van der Waals surface area (Å²) in [6, 6.07) is 7.30. The largest absolute Gasteiger partial charge is 0.493 e. The Kier molecular flexibility index (Phi) is 8.30. The molecule has 2 aromatic carbocycles. The lowest BCUT2D eigenvalue weighted by Gasteiger charge is -2.45. The Labute approximate surface area is 213 Å². The minimum absolute atomic E-state index is 0. The average Bonchev–Trinajstić information content (AvgIpc) is 3.14. The van der Waals surface area contributed by atoms with E-state index >= 15 is 0 Å². The topological polar surface area (TPSA) is 62.8 Å². The zero-order chi connectivity index (χ0) is 25.4. The van der Waals surface area contributed by atoms with Crippen molar-refractivity contribution in [3.8, 4) is 11.5 Å². The van der Waals surface area contributed by atoms with Crippen LogP contribution in [0.2, 0.25) is 0 Å².